The summed E-state index contributed by atoms with van der Waals surface area (Å²) in [6.45, 7) is 5.16. The molecule has 1 radical (unpaired) electrons. The van der Waals surface area contributed by atoms with Crippen LogP contribution in [0.4, 0.5) is 0 Å². The summed E-state index contributed by atoms with van der Waals surface area (Å²) in [4.78, 5) is 4.88. The Labute approximate surface area is 89.3 Å². The Bertz CT molecular complexity index is 128. The van der Waals surface area contributed by atoms with Gasteiger partial charge < -0.3 is 9.80 Å². The Morgan fingerprint density at radius 2 is 1.79 bits per heavy atom. The van der Waals surface area contributed by atoms with Crippen LogP contribution in [0.25, 0.3) is 0 Å². The second kappa shape index (κ2) is 7.24. The summed E-state index contributed by atoms with van der Waals surface area (Å²) in [7, 11) is 4.31. The second-order valence-electron chi connectivity index (χ2n) is 4.57. The maximum absolute atomic E-state index is 2.61. The molecule has 1 saturated heterocycles. The van der Waals surface area contributed by atoms with Crippen LogP contribution in [-0.2, 0) is 0 Å². The van der Waals surface area contributed by atoms with Crippen LogP contribution in [-0.4, -0.2) is 50.1 Å². The van der Waals surface area contributed by atoms with Gasteiger partial charge in [0, 0.05) is 0 Å². The number of nitrogens with zero attached hydrogens (tertiary/aromatic N) is 2. The van der Waals surface area contributed by atoms with Gasteiger partial charge in [-0.05, 0) is 72.4 Å². The molecule has 2 nitrogen and oxygen atoms in total. The Kier molecular flexibility index (Phi) is 6.20. The molecular weight excluding hydrogens is 172 g/mol. The molecule has 2 heteroatoms. The fourth-order valence-corrected chi connectivity index (χ4v) is 1.97. The lowest BCUT2D eigenvalue weighted by Gasteiger charge is -2.26. The van der Waals surface area contributed by atoms with E-state index >= 15 is 0 Å². The van der Waals surface area contributed by atoms with Gasteiger partial charge in [-0.15, -0.1) is 0 Å². The summed E-state index contributed by atoms with van der Waals surface area (Å²) >= 11 is 0. The molecule has 83 valence electrons. The van der Waals surface area contributed by atoms with Crippen LogP contribution >= 0.6 is 0 Å². The Balaban J connectivity index is 1.87. The van der Waals surface area contributed by atoms with Crippen molar-refractivity contribution in [3.63, 3.8) is 0 Å². The normalized spacial score (nSPS) is 19.1. The third-order valence-electron chi connectivity index (χ3n) is 2.88. The Morgan fingerprint density at radius 3 is 2.43 bits per heavy atom. The standard InChI is InChI=1S/C12H25N2/c1-13(2)9-5-3-6-10-14-11-7-4-8-12-14/h4H,3,5-12H2,1-2H3. The van der Waals surface area contributed by atoms with Crippen LogP contribution in [0.3, 0.4) is 0 Å². The number of rotatable bonds is 6. The second-order valence-corrected chi connectivity index (χ2v) is 4.57. The van der Waals surface area contributed by atoms with E-state index in [0.717, 1.165) is 0 Å². The average Bonchev–Trinajstić information content (AvgIpc) is 2.18. The van der Waals surface area contributed by atoms with Crippen LogP contribution in [0.5, 0.6) is 0 Å². The van der Waals surface area contributed by atoms with Gasteiger partial charge in [-0.2, -0.15) is 0 Å². The molecule has 14 heavy (non-hydrogen) atoms. The van der Waals surface area contributed by atoms with E-state index in [0.29, 0.717) is 0 Å². The van der Waals surface area contributed by atoms with Crippen molar-refractivity contribution >= 4 is 0 Å². The number of likely N-dealkylation sites (tertiary alicyclic amines) is 1. The monoisotopic (exact) mass is 197 g/mol. The van der Waals surface area contributed by atoms with Crippen molar-refractivity contribution in [2.24, 2.45) is 0 Å². The summed E-state index contributed by atoms with van der Waals surface area (Å²) in [5, 5.41) is 0. The first-order valence-electron chi connectivity index (χ1n) is 5.98. The zero-order chi connectivity index (χ0) is 10.2. The zero-order valence-corrected chi connectivity index (χ0v) is 9.84. The molecular formula is C12H25N2. The smallest absolute Gasteiger partial charge is 0.00160 e. The maximum atomic E-state index is 2.61. The topological polar surface area (TPSA) is 6.48 Å². The van der Waals surface area contributed by atoms with E-state index in [9.17, 15) is 0 Å². The summed E-state index contributed by atoms with van der Waals surface area (Å²) < 4.78 is 0. The van der Waals surface area contributed by atoms with Crippen molar-refractivity contribution in [3.8, 4) is 0 Å². The molecule has 0 spiro atoms. The summed E-state index contributed by atoms with van der Waals surface area (Å²) in [6, 6.07) is 0. The minimum absolute atomic E-state index is 1.24. The quantitative estimate of drug-likeness (QED) is 0.601. The highest BCUT2D eigenvalue weighted by Gasteiger charge is 2.08. The first-order valence-corrected chi connectivity index (χ1v) is 5.98. The highest BCUT2D eigenvalue weighted by Crippen LogP contribution is 2.09. The molecule has 1 heterocycles. The summed E-state index contributed by atoms with van der Waals surface area (Å²) in [5.41, 5.74) is 0. The molecule has 0 atom stereocenters. The molecule has 1 aliphatic heterocycles. The average molecular weight is 197 g/mol. The molecule has 0 aromatic rings. The van der Waals surface area contributed by atoms with Gasteiger partial charge in [0.15, 0.2) is 0 Å². The van der Waals surface area contributed by atoms with Crippen molar-refractivity contribution in [2.75, 3.05) is 40.3 Å². The van der Waals surface area contributed by atoms with Crippen LogP contribution in [0.1, 0.15) is 32.1 Å². The van der Waals surface area contributed by atoms with E-state index in [1.165, 1.54) is 58.3 Å². The Hall–Kier alpha value is -0.0800. The first kappa shape index (κ1) is 12.0. The van der Waals surface area contributed by atoms with Gasteiger partial charge in [-0.3, -0.25) is 0 Å². The van der Waals surface area contributed by atoms with E-state index < -0.39 is 0 Å². The predicted molar refractivity (Wildman–Crippen MR) is 62.4 cm³/mol. The van der Waals surface area contributed by atoms with Crippen LogP contribution in [0.2, 0.25) is 0 Å². The highest BCUT2D eigenvalue weighted by molar-refractivity contribution is 4.76. The van der Waals surface area contributed by atoms with Gasteiger partial charge in [-0.1, -0.05) is 6.42 Å². The largest absolute Gasteiger partial charge is 0.309 e. The van der Waals surface area contributed by atoms with Crippen molar-refractivity contribution in [2.45, 2.75) is 32.1 Å². The molecule has 0 N–H and O–H groups in total. The van der Waals surface area contributed by atoms with Crippen molar-refractivity contribution < 1.29 is 0 Å². The van der Waals surface area contributed by atoms with E-state index in [1.807, 2.05) is 0 Å². The minimum atomic E-state index is 1.24. The fourth-order valence-electron chi connectivity index (χ4n) is 1.97. The van der Waals surface area contributed by atoms with E-state index in [-0.39, 0.29) is 0 Å². The lowest BCUT2D eigenvalue weighted by molar-refractivity contribution is 0.247. The molecule has 1 rings (SSSR count). The molecule has 1 aliphatic rings. The van der Waals surface area contributed by atoms with E-state index in [4.69, 9.17) is 0 Å². The fraction of sp³-hybridized carbons (Fsp3) is 0.917. The summed E-state index contributed by atoms with van der Waals surface area (Å²) in [5.74, 6) is 0. The van der Waals surface area contributed by atoms with E-state index in [2.05, 4.69) is 30.3 Å². The number of hydrogen-bond donors (Lipinski definition) is 0. The number of piperidine rings is 1. The van der Waals surface area contributed by atoms with Gasteiger partial charge in [0.25, 0.3) is 0 Å². The molecule has 0 aromatic heterocycles. The van der Waals surface area contributed by atoms with Gasteiger partial charge in [0.2, 0.25) is 0 Å². The Morgan fingerprint density at radius 1 is 1.07 bits per heavy atom. The van der Waals surface area contributed by atoms with Crippen LogP contribution in [0.15, 0.2) is 0 Å². The predicted octanol–water partition coefficient (Wildman–Crippen LogP) is 2.02. The third kappa shape index (κ3) is 5.61. The number of unbranched alkanes of at least 4 members (excludes halogenated alkanes) is 2. The van der Waals surface area contributed by atoms with Crippen LogP contribution < -0.4 is 0 Å². The third-order valence-corrected chi connectivity index (χ3v) is 2.88. The lowest BCUT2D eigenvalue weighted by Crippen LogP contribution is -2.30. The molecule has 0 aromatic carbocycles. The van der Waals surface area contributed by atoms with Gasteiger partial charge in [-0.25, -0.2) is 0 Å². The van der Waals surface area contributed by atoms with Crippen LogP contribution in [0, 0.1) is 6.42 Å². The van der Waals surface area contributed by atoms with Crippen molar-refractivity contribution in [1.29, 1.82) is 0 Å². The highest BCUT2D eigenvalue weighted by atomic mass is 15.1. The van der Waals surface area contributed by atoms with Gasteiger partial charge >= 0.3 is 0 Å². The van der Waals surface area contributed by atoms with E-state index in [1.54, 1.807) is 0 Å². The SMILES string of the molecule is CN(C)CCCCCN1CC[CH]CC1. The molecule has 0 unspecified atom stereocenters. The summed E-state index contributed by atoms with van der Waals surface area (Å²) in [6.07, 6.45) is 9.15. The molecule has 0 aliphatic carbocycles. The molecule has 0 amide bonds. The molecule has 1 fully saturated rings. The van der Waals surface area contributed by atoms with Crippen molar-refractivity contribution in [3.05, 3.63) is 6.42 Å². The lowest BCUT2D eigenvalue weighted by atomic mass is 10.1. The zero-order valence-electron chi connectivity index (χ0n) is 9.84. The maximum Gasteiger partial charge on any atom is -0.00160 e. The molecule has 0 saturated carbocycles. The van der Waals surface area contributed by atoms with Gasteiger partial charge in [0.05, 0.1) is 0 Å². The first-order chi connectivity index (χ1) is 6.79. The van der Waals surface area contributed by atoms with Gasteiger partial charge in [0.1, 0.15) is 0 Å². The number of hydrogen-bond acceptors (Lipinski definition) is 2. The minimum Gasteiger partial charge on any atom is -0.309 e. The van der Waals surface area contributed by atoms with Crippen molar-refractivity contribution in [1.82, 2.24) is 9.80 Å². The molecule has 0 bridgehead atoms.